The van der Waals surface area contributed by atoms with E-state index in [-0.39, 0.29) is 30.4 Å². The second-order valence-corrected chi connectivity index (χ2v) is 8.23. The van der Waals surface area contributed by atoms with Crippen molar-refractivity contribution in [3.63, 3.8) is 0 Å². The third kappa shape index (κ3) is 4.67. The first-order valence-corrected chi connectivity index (χ1v) is 10.3. The Kier molecular flexibility index (Phi) is 6.10. The van der Waals surface area contributed by atoms with Crippen molar-refractivity contribution in [1.82, 2.24) is 19.9 Å². The quantitative estimate of drug-likeness (QED) is 0.740. The van der Waals surface area contributed by atoms with E-state index in [0.717, 1.165) is 12.5 Å². The molecule has 2 aliphatic heterocycles. The van der Waals surface area contributed by atoms with E-state index in [1.54, 1.807) is 4.90 Å². The van der Waals surface area contributed by atoms with Crippen LogP contribution in [0.4, 0.5) is 8.78 Å². The number of rotatable bonds is 5. The Morgan fingerprint density at radius 1 is 1.23 bits per heavy atom. The van der Waals surface area contributed by atoms with Gasteiger partial charge in [0.05, 0.1) is 19.1 Å². The van der Waals surface area contributed by atoms with Gasteiger partial charge in [0, 0.05) is 44.2 Å². The zero-order valence-corrected chi connectivity index (χ0v) is 17.2. The average molecular weight is 420 g/mol. The van der Waals surface area contributed by atoms with Crippen molar-refractivity contribution in [2.24, 2.45) is 0 Å². The Morgan fingerprint density at radius 2 is 2.00 bits per heavy atom. The first kappa shape index (κ1) is 20.9. The lowest BCUT2D eigenvalue weighted by Gasteiger charge is -2.47. The topological polar surface area (TPSA) is 71.7 Å². The van der Waals surface area contributed by atoms with Gasteiger partial charge in [-0.05, 0) is 24.1 Å². The number of hydrogen-bond donors (Lipinski definition) is 0. The molecule has 2 aliphatic rings. The Hall–Kier alpha value is -2.39. The van der Waals surface area contributed by atoms with Crippen molar-refractivity contribution in [2.75, 3.05) is 26.2 Å². The lowest BCUT2D eigenvalue weighted by atomic mass is 9.97. The van der Waals surface area contributed by atoms with Crippen LogP contribution in [0.5, 0.6) is 0 Å². The molecular weight excluding hydrogens is 394 g/mol. The summed E-state index contributed by atoms with van der Waals surface area (Å²) in [5.74, 6) is -0.168. The number of benzene rings is 1. The highest BCUT2D eigenvalue weighted by atomic mass is 19.1. The van der Waals surface area contributed by atoms with Gasteiger partial charge in [-0.1, -0.05) is 19.0 Å². The number of carbonyl (C=O) groups excluding carboxylic acids is 1. The van der Waals surface area contributed by atoms with Crippen molar-refractivity contribution in [1.29, 1.82) is 0 Å². The molecule has 4 rings (SSSR count). The Balaban J connectivity index is 1.37. The number of ether oxygens (including phenoxy) is 1. The summed E-state index contributed by atoms with van der Waals surface area (Å²) in [5, 5.41) is 3.89. The first-order valence-electron chi connectivity index (χ1n) is 10.3. The second kappa shape index (κ2) is 8.77. The van der Waals surface area contributed by atoms with Gasteiger partial charge >= 0.3 is 0 Å². The standard InChI is InChI=1S/C21H26F2N4O3/c1-13(2)21-24-19(25-30-21)10-20(28)27-4-3-17-18(12-27)29-6-5-26(17)11-14-7-15(22)9-16(23)8-14/h7-9,13,17-18H,3-6,10-12H2,1-2H3/t17-,18-/m0/s1. The number of nitrogens with zero attached hydrogens (tertiary/aromatic N) is 4. The van der Waals surface area contributed by atoms with E-state index in [9.17, 15) is 13.6 Å². The lowest BCUT2D eigenvalue weighted by Crippen LogP contribution is -2.59. The van der Waals surface area contributed by atoms with Crippen molar-refractivity contribution in [2.45, 2.75) is 51.3 Å². The maximum absolute atomic E-state index is 13.5. The third-order valence-electron chi connectivity index (χ3n) is 5.65. The van der Waals surface area contributed by atoms with Crippen LogP contribution in [0.25, 0.3) is 0 Å². The van der Waals surface area contributed by atoms with Crippen LogP contribution in [0, 0.1) is 11.6 Å². The van der Waals surface area contributed by atoms with Gasteiger partial charge in [0.1, 0.15) is 11.6 Å². The fourth-order valence-electron chi connectivity index (χ4n) is 4.15. The van der Waals surface area contributed by atoms with Crippen molar-refractivity contribution >= 4 is 5.91 Å². The molecule has 9 heteroatoms. The Labute approximate surface area is 174 Å². The van der Waals surface area contributed by atoms with Crippen LogP contribution in [-0.4, -0.2) is 64.2 Å². The summed E-state index contributed by atoms with van der Waals surface area (Å²) < 4.78 is 38.2. The van der Waals surface area contributed by atoms with E-state index in [4.69, 9.17) is 9.26 Å². The van der Waals surface area contributed by atoms with E-state index in [2.05, 4.69) is 15.0 Å². The van der Waals surface area contributed by atoms with Crippen LogP contribution < -0.4 is 0 Å². The number of fused-ring (bicyclic) bond motifs is 1. The molecule has 0 unspecified atom stereocenters. The van der Waals surface area contributed by atoms with Gasteiger partial charge in [0.25, 0.3) is 0 Å². The normalized spacial score (nSPS) is 22.4. The molecule has 7 nitrogen and oxygen atoms in total. The molecule has 30 heavy (non-hydrogen) atoms. The molecule has 2 saturated heterocycles. The van der Waals surface area contributed by atoms with Gasteiger partial charge in [-0.3, -0.25) is 9.69 Å². The number of likely N-dealkylation sites (tertiary alicyclic amines) is 1. The summed E-state index contributed by atoms with van der Waals surface area (Å²) in [6.07, 6.45) is 0.698. The van der Waals surface area contributed by atoms with Crippen molar-refractivity contribution < 1.29 is 22.8 Å². The fourth-order valence-corrected chi connectivity index (χ4v) is 4.15. The van der Waals surface area contributed by atoms with E-state index >= 15 is 0 Å². The van der Waals surface area contributed by atoms with Crippen LogP contribution in [0.2, 0.25) is 0 Å². The lowest BCUT2D eigenvalue weighted by molar-refractivity contribution is -0.144. The fraction of sp³-hybridized carbons (Fsp3) is 0.571. The van der Waals surface area contributed by atoms with Crippen LogP contribution >= 0.6 is 0 Å². The minimum Gasteiger partial charge on any atom is -0.373 e. The smallest absolute Gasteiger partial charge is 0.230 e. The molecule has 1 aromatic heterocycles. The van der Waals surface area contributed by atoms with E-state index in [1.165, 1.54) is 12.1 Å². The second-order valence-electron chi connectivity index (χ2n) is 8.23. The Bertz CT molecular complexity index is 884. The largest absolute Gasteiger partial charge is 0.373 e. The number of piperidine rings is 1. The molecule has 162 valence electrons. The Morgan fingerprint density at radius 3 is 2.70 bits per heavy atom. The molecule has 0 N–H and O–H groups in total. The van der Waals surface area contributed by atoms with E-state index in [0.29, 0.717) is 50.1 Å². The molecular formula is C21H26F2N4O3. The van der Waals surface area contributed by atoms with Gasteiger partial charge in [-0.15, -0.1) is 0 Å². The first-order chi connectivity index (χ1) is 14.4. The van der Waals surface area contributed by atoms with Crippen LogP contribution in [0.15, 0.2) is 22.7 Å². The third-order valence-corrected chi connectivity index (χ3v) is 5.65. The summed E-state index contributed by atoms with van der Waals surface area (Å²) in [4.78, 5) is 21.0. The van der Waals surface area contributed by atoms with Gasteiger partial charge < -0.3 is 14.2 Å². The molecule has 0 radical (unpaired) electrons. The molecule has 3 heterocycles. The van der Waals surface area contributed by atoms with Crippen LogP contribution in [0.3, 0.4) is 0 Å². The molecule has 2 atom stereocenters. The SMILES string of the molecule is CC(C)c1nc(CC(=O)N2CC[C@H]3[C@H](C2)OCCN3Cc2cc(F)cc(F)c2)no1. The highest BCUT2D eigenvalue weighted by molar-refractivity contribution is 5.78. The zero-order chi connectivity index (χ0) is 21.3. The highest BCUT2D eigenvalue weighted by Gasteiger charge is 2.38. The van der Waals surface area contributed by atoms with Gasteiger partial charge in [0.2, 0.25) is 11.8 Å². The number of morpholine rings is 1. The number of hydrogen-bond acceptors (Lipinski definition) is 6. The number of halogens is 2. The van der Waals surface area contributed by atoms with Crippen molar-refractivity contribution in [3.8, 4) is 0 Å². The maximum Gasteiger partial charge on any atom is 0.230 e. The predicted octanol–water partition coefficient (Wildman–Crippen LogP) is 2.52. The minimum absolute atomic E-state index is 0.0579. The van der Waals surface area contributed by atoms with E-state index < -0.39 is 11.6 Å². The molecule has 1 amide bonds. The monoisotopic (exact) mass is 420 g/mol. The minimum atomic E-state index is -0.572. The zero-order valence-electron chi connectivity index (χ0n) is 17.2. The molecule has 0 bridgehead atoms. The van der Waals surface area contributed by atoms with E-state index in [1.807, 2.05) is 13.8 Å². The molecule has 0 aliphatic carbocycles. The van der Waals surface area contributed by atoms with Gasteiger partial charge in [0.15, 0.2) is 5.82 Å². The summed E-state index contributed by atoms with van der Waals surface area (Å²) in [6.45, 7) is 6.63. The summed E-state index contributed by atoms with van der Waals surface area (Å²) in [6, 6.07) is 3.71. The van der Waals surface area contributed by atoms with Gasteiger partial charge in [-0.2, -0.15) is 4.98 Å². The number of aromatic nitrogens is 2. The number of carbonyl (C=O) groups is 1. The average Bonchev–Trinajstić information content (AvgIpc) is 3.16. The van der Waals surface area contributed by atoms with Crippen molar-refractivity contribution in [3.05, 3.63) is 47.1 Å². The predicted molar refractivity (Wildman–Crippen MR) is 104 cm³/mol. The molecule has 2 fully saturated rings. The summed E-state index contributed by atoms with van der Waals surface area (Å²) in [5.41, 5.74) is 0.602. The summed E-state index contributed by atoms with van der Waals surface area (Å²) in [7, 11) is 0. The van der Waals surface area contributed by atoms with Gasteiger partial charge in [-0.25, -0.2) is 8.78 Å². The molecule has 2 aromatic rings. The van der Waals surface area contributed by atoms with Crippen LogP contribution in [0.1, 0.15) is 43.5 Å². The molecule has 1 aromatic carbocycles. The molecule has 0 saturated carbocycles. The number of amides is 1. The maximum atomic E-state index is 13.5. The highest BCUT2D eigenvalue weighted by Crippen LogP contribution is 2.26. The molecule has 0 spiro atoms. The van der Waals surface area contributed by atoms with Crippen LogP contribution in [-0.2, 0) is 22.5 Å². The summed E-state index contributed by atoms with van der Waals surface area (Å²) >= 11 is 0.